The zero-order valence-corrected chi connectivity index (χ0v) is 13.8. The van der Waals surface area contributed by atoms with E-state index in [1.165, 1.54) is 0 Å². The molecule has 2 aromatic heterocycles. The summed E-state index contributed by atoms with van der Waals surface area (Å²) in [4.78, 5) is 30.2. The van der Waals surface area contributed by atoms with E-state index in [0.29, 0.717) is 39.8 Å². The summed E-state index contributed by atoms with van der Waals surface area (Å²) in [5.74, 6) is -0.0492. The van der Waals surface area contributed by atoms with Gasteiger partial charge in [-0.05, 0) is 24.6 Å². The number of benzene rings is 1. The second-order valence-corrected chi connectivity index (χ2v) is 6.29. The third kappa shape index (κ3) is 2.00. The van der Waals surface area contributed by atoms with Crippen molar-refractivity contribution >= 4 is 32.5 Å². The molecule has 3 aromatic rings. The van der Waals surface area contributed by atoms with Crippen molar-refractivity contribution in [1.29, 1.82) is 0 Å². The van der Waals surface area contributed by atoms with E-state index in [4.69, 9.17) is 0 Å². The molecule has 0 atom stereocenters. The Morgan fingerprint density at radius 1 is 1.04 bits per heavy atom. The first-order valence-corrected chi connectivity index (χ1v) is 8.57. The van der Waals surface area contributed by atoms with Gasteiger partial charge in [-0.1, -0.05) is 34.1 Å². The summed E-state index contributed by atoms with van der Waals surface area (Å²) in [6.07, 6.45) is 2.47. The van der Waals surface area contributed by atoms with Crippen molar-refractivity contribution in [1.82, 2.24) is 9.55 Å². The highest BCUT2D eigenvalue weighted by Gasteiger charge is 2.33. The SMILES string of the molecule is O=C1c2cccnc2-c2c1c1ccccc1c(=O)n2CCCBr. The Morgan fingerprint density at radius 3 is 2.61 bits per heavy atom. The lowest BCUT2D eigenvalue weighted by molar-refractivity contribution is 0.104. The largest absolute Gasteiger partial charge is 0.305 e. The molecule has 23 heavy (non-hydrogen) atoms. The molecule has 2 heterocycles. The molecule has 0 fully saturated rings. The van der Waals surface area contributed by atoms with Crippen molar-refractivity contribution in [2.75, 3.05) is 5.33 Å². The molecule has 0 aliphatic heterocycles. The first kappa shape index (κ1) is 14.3. The van der Waals surface area contributed by atoms with Gasteiger partial charge in [0.1, 0.15) is 0 Å². The summed E-state index contributed by atoms with van der Waals surface area (Å²) in [7, 11) is 0. The summed E-state index contributed by atoms with van der Waals surface area (Å²) in [6.45, 7) is 0.556. The molecule has 0 spiro atoms. The van der Waals surface area contributed by atoms with Crippen LogP contribution >= 0.6 is 15.9 Å². The normalized spacial score (nSPS) is 12.5. The van der Waals surface area contributed by atoms with Crippen LogP contribution in [0.2, 0.25) is 0 Å². The van der Waals surface area contributed by atoms with Gasteiger partial charge in [-0.25, -0.2) is 0 Å². The number of aromatic nitrogens is 2. The molecule has 1 aliphatic rings. The number of carbonyl (C=O) groups excluding carboxylic acids is 1. The van der Waals surface area contributed by atoms with Crippen LogP contribution in [-0.2, 0) is 6.54 Å². The lowest BCUT2D eigenvalue weighted by Gasteiger charge is -2.13. The van der Waals surface area contributed by atoms with Gasteiger partial charge >= 0.3 is 0 Å². The highest BCUT2D eigenvalue weighted by molar-refractivity contribution is 9.09. The van der Waals surface area contributed by atoms with E-state index in [-0.39, 0.29) is 11.3 Å². The van der Waals surface area contributed by atoms with Crippen molar-refractivity contribution in [2.24, 2.45) is 0 Å². The number of fused-ring (bicyclic) bond motifs is 5. The van der Waals surface area contributed by atoms with Gasteiger partial charge in [0.25, 0.3) is 5.56 Å². The maximum atomic E-state index is 12.9. The number of nitrogens with zero attached hydrogens (tertiary/aromatic N) is 2. The fraction of sp³-hybridized carbons (Fsp3) is 0.167. The van der Waals surface area contributed by atoms with E-state index in [1.807, 2.05) is 18.2 Å². The zero-order valence-electron chi connectivity index (χ0n) is 12.3. The van der Waals surface area contributed by atoms with E-state index in [1.54, 1.807) is 29.0 Å². The lowest BCUT2D eigenvalue weighted by atomic mass is 10.0. The maximum Gasteiger partial charge on any atom is 0.258 e. The van der Waals surface area contributed by atoms with Gasteiger partial charge < -0.3 is 4.57 Å². The van der Waals surface area contributed by atoms with Gasteiger partial charge in [-0.3, -0.25) is 14.6 Å². The molecule has 0 N–H and O–H groups in total. The fourth-order valence-corrected chi connectivity index (χ4v) is 3.47. The molecule has 1 aromatic carbocycles. The van der Waals surface area contributed by atoms with Crippen molar-refractivity contribution in [3.8, 4) is 11.4 Å². The topological polar surface area (TPSA) is 52.0 Å². The number of pyridine rings is 2. The number of hydrogen-bond acceptors (Lipinski definition) is 3. The van der Waals surface area contributed by atoms with Crippen molar-refractivity contribution < 1.29 is 4.79 Å². The van der Waals surface area contributed by atoms with Crippen LogP contribution < -0.4 is 5.56 Å². The minimum absolute atomic E-state index is 0.0492. The quantitative estimate of drug-likeness (QED) is 0.520. The molecule has 114 valence electrons. The van der Waals surface area contributed by atoms with Gasteiger partial charge in [0.05, 0.1) is 22.5 Å². The van der Waals surface area contributed by atoms with Gasteiger partial charge in [0.15, 0.2) is 5.78 Å². The minimum atomic E-state index is -0.0633. The average Bonchev–Trinajstić information content (AvgIpc) is 2.89. The number of hydrogen-bond donors (Lipinski definition) is 0. The Bertz CT molecular complexity index is 1010. The van der Waals surface area contributed by atoms with Crippen LogP contribution in [0.25, 0.3) is 22.2 Å². The molecular formula is C18H13BrN2O2. The molecule has 0 radical (unpaired) electrons. The Morgan fingerprint density at radius 2 is 1.83 bits per heavy atom. The molecule has 0 saturated carbocycles. The van der Waals surface area contributed by atoms with Crippen LogP contribution in [0, 0.1) is 0 Å². The monoisotopic (exact) mass is 368 g/mol. The van der Waals surface area contributed by atoms with E-state index < -0.39 is 0 Å². The fourth-order valence-electron chi connectivity index (χ4n) is 3.22. The minimum Gasteiger partial charge on any atom is -0.305 e. The van der Waals surface area contributed by atoms with Gasteiger partial charge in [0.2, 0.25) is 0 Å². The van der Waals surface area contributed by atoms with E-state index in [2.05, 4.69) is 20.9 Å². The number of carbonyl (C=O) groups is 1. The van der Waals surface area contributed by atoms with Crippen LogP contribution in [0.15, 0.2) is 47.4 Å². The van der Waals surface area contributed by atoms with Gasteiger partial charge in [-0.2, -0.15) is 0 Å². The predicted molar refractivity (Wildman–Crippen MR) is 93.3 cm³/mol. The summed E-state index contributed by atoms with van der Waals surface area (Å²) in [6, 6.07) is 10.8. The third-order valence-electron chi connectivity index (χ3n) is 4.20. The van der Waals surface area contributed by atoms with Gasteiger partial charge in [-0.15, -0.1) is 0 Å². The molecule has 5 heteroatoms. The zero-order chi connectivity index (χ0) is 16.0. The van der Waals surface area contributed by atoms with Crippen LogP contribution in [0.3, 0.4) is 0 Å². The smallest absolute Gasteiger partial charge is 0.258 e. The van der Waals surface area contributed by atoms with Crippen LogP contribution in [0.5, 0.6) is 0 Å². The second-order valence-electron chi connectivity index (χ2n) is 5.50. The molecule has 0 bridgehead atoms. The lowest BCUT2D eigenvalue weighted by Crippen LogP contribution is -2.23. The third-order valence-corrected chi connectivity index (χ3v) is 4.76. The standard InChI is InChI=1S/C18H13BrN2O2/c19-8-4-10-21-16-14(11-5-1-2-6-12(11)18(21)23)17(22)13-7-3-9-20-15(13)16/h1-3,5-7,9H,4,8,10H2. The molecule has 0 saturated heterocycles. The van der Waals surface area contributed by atoms with Crippen molar-refractivity contribution in [3.63, 3.8) is 0 Å². The number of halogens is 1. The Balaban J connectivity index is 2.16. The van der Waals surface area contributed by atoms with Gasteiger partial charge in [0, 0.05) is 28.8 Å². The number of ketones is 1. The molecule has 4 rings (SSSR count). The summed E-state index contributed by atoms with van der Waals surface area (Å²) >= 11 is 3.41. The number of rotatable bonds is 3. The Hall–Kier alpha value is -2.27. The Labute approximate surface area is 140 Å². The highest BCUT2D eigenvalue weighted by Crippen LogP contribution is 2.37. The first-order valence-electron chi connectivity index (χ1n) is 7.45. The van der Waals surface area contributed by atoms with E-state index in [9.17, 15) is 9.59 Å². The van der Waals surface area contributed by atoms with Crippen LogP contribution in [-0.4, -0.2) is 20.7 Å². The first-order chi connectivity index (χ1) is 11.2. The maximum absolute atomic E-state index is 12.9. The molecule has 0 unspecified atom stereocenters. The molecule has 0 amide bonds. The molecule has 4 nitrogen and oxygen atoms in total. The summed E-state index contributed by atoms with van der Waals surface area (Å²) in [5, 5.41) is 2.09. The predicted octanol–water partition coefficient (Wildman–Crippen LogP) is 3.39. The van der Waals surface area contributed by atoms with E-state index >= 15 is 0 Å². The van der Waals surface area contributed by atoms with Crippen LogP contribution in [0.4, 0.5) is 0 Å². The number of alkyl halides is 1. The van der Waals surface area contributed by atoms with Crippen molar-refractivity contribution in [3.05, 3.63) is 64.1 Å². The summed E-state index contributed by atoms with van der Waals surface area (Å²) < 4.78 is 1.70. The average molecular weight is 369 g/mol. The summed E-state index contributed by atoms with van der Waals surface area (Å²) in [5.41, 5.74) is 2.39. The molecular weight excluding hydrogens is 356 g/mol. The second kappa shape index (κ2) is 5.42. The Kier molecular flexibility index (Phi) is 3.38. The van der Waals surface area contributed by atoms with Crippen LogP contribution in [0.1, 0.15) is 22.3 Å². The van der Waals surface area contributed by atoms with Crippen molar-refractivity contribution in [2.45, 2.75) is 13.0 Å². The molecule has 1 aliphatic carbocycles. The van der Waals surface area contributed by atoms with E-state index in [0.717, 1.165) is 11.8 Å². The highest BCUT2D eigenvalue weighted by atomic mass is 79.9.